The van der Waals surface area contributed by atoms with Gasteiger partial charge in [0.1, 0.15) is 5.78 Å². The first-order chi connectivity index (χ1) is 12.8. The Balaban J connectivity index is 1.52. The molecule has 0 N–H and O–H groups in total. The zero-order valence-corrected chi connectivity index (χ0v) is 17.0. The molecule has 0 radical (unpaired) electrons. The van der Waals surface area contributed by atoms with Crippen molar-refractivity contribution in [2.24, 2.45) is 75.4 Å². The molecule has 7 aliphatic carbocycles. The summed E-state index contributed by atoms with van der Waals surface area (Å²) in [5, 5.41) is 0. The van der Waals surface area contributed by atoms with E-state index in [-0.39, 0.29) is 22.2 Å². The van der Waals surface area contributed by atoms with E-state index in [0.29, 0.717) is 65.0 Å². The zero-order chi connectivity index (χ0) is 18.7. The van der Waals surface area contributed by atoms with Gasteiger partial charge in [-0.3, -0.25) is 9.59 Å². The van der Waals surface area contributed by atoms with E-state index in [1.165, 1.54) is 19.3 Å². The van der Waals surface area contributed by atoms with Crippen molar-refractivity contribution in [3.8, 4) is 0 Å². The molecule has 146 valence electrons. The Morgan fingerprint density at radius 1 is 0.889 bits per heavy atom. The molecular weight excluding hydrogens is 336 g/mol. The predicted octanol–water partition coefficient (Wildman–Crippen LogP) is 3.96. The fraction of sp³-hybridized carbons (Fsp3) is 0.917. The molecule has 7 fully saturated rings. The summed E-state index contributed by atoms with van der Waals surface area (Å²) in [7, 11) is 1.60. The molecule has 13 atom stereocenters. The lowest BCUT2D eigenvalue weighted by molar-refractivity contribution is -0.160. The molecule has 3 heteroatoms. The lowest BCUT2D eigenvalue weighted by Crippen LogP contribution is -2.44. The van der Waals surface area contributed by atoms with Gasteiger partial charge in [-0.15, -0.1) is 0 Å². The molecule has 0 aromatic carbocycles. The van der Waals surface area contributed by atoms with E-state index < -0.39 is 0 Å². The normalized spacial score (nSPS) is 68.7. The van der Waals surface area contributed by atoms with Crippen molar-refractivity contribution in [3.05, 3.63) is 0 Å². The van der Waals surface area contributed by atoms with Gasteiger partial charge in [-0.25, -0.2) is 0 Å². The van der Waals surface area contributed by atoms with Gasteiger partial charge in [-0.2, -0.15) is 0 Å². The second-order valence-electron chi connectivity index (χ2n) is 12.0. The fourth-order valence-corrected chi connectivity index (χ4v) is 12.2. The average Bonchev–Trinajstić information content (AvgIpc) is 3.42. The van der Waals surface area contributed by atoms with Crippen molar-refractivity contribution in [3.63, 3.8) is 0 Å². The predicted molar refractivity (Wildman–Crippen MR) is 99.3 cm³/mol. The molecule has 0 aromatic heterocycles. The first kappa shape index (κ1) is 16.0. The number of ether oxygens (including phenoxy) is 1. The largest absolute Gasteiger partial charge is 0.469 e. The van der Waals surface area contributed by atoms with Crippen LogP contribution in [0.15, 0.2) is 0 Å². The molecule has 0 saturated heterocycles. The molecule has 0 heterocycles. The Bertz CT molecular complexity index is 791. The minimum atomic E-state index is -0.309. The van der Waals surface area contributed by atoms with Crippen LogP contribution in [-0.4, -0.2) is 18.9 Å². The number of methoxy groups -OCH3 is 1. The zero-order valence-electron chi connectivity index (χ0n) is 17.0. The van der Waals surface area contributed by atoms with Crippen LogP contribution in [-0.2, 0) is 14.3 Å². The summed E-state index contributed by atoms with van der Waals surface area (Å²) in [4.78, 5) is 27.3. The van der Waals surface area contributed by atoms with E-state index in [1.807, 2.05) is 0 Å². The molecule has 7 aliphatic rings. The van der Waals surface area contributed by atoms with E-state index in [2.05, 4.69) is 20.8 Å². The molecule has 7 rings (SSSR count). The van der Waals surface area contributed by atoms with Gasteiger partial charge in [0.2, 0.25) is 0 Å². The van der Waals surface area contributed by atoms with Gasteiger partial charge in [-0.05, 0) is 91.8 Å². The molecule has 0 amide bonds. The van der Waals surface area contributed by atoms with Crippen LogP contribution in [0.5, 0.6) is 0 Å². The number of carbonyl (C=O) groups is 2. The second kappa shape index (κ2) is 4.19. The molecule has 0 aromatic rings. The number of ketones is 1. The molecule has 0 bridgehead atoms. The topological polar surface area (TPSA) is 43.4 Å². The van der Waals surface area contributed by atoms with Gasteiger partial charge in [-0.1, -0.05) is 20.3 Å². The Labute approximate surface area is 162 Å². The first-order valence-electron chi connectivity index (χ1n) is 11.5. The Morgan fingerprint density at radius 2 is 1.52 bits per heavy atom. The smallest absolute Gasteiger partial charge is 0.312 e. The van der Waals surface area contributed by atoms with Crippen molar-refractivity contribution < 1.29 is 14.3 Å². The van der Waals surface area contributed by atoms with Gasteiger partial charge < -0.3 is 4.74 Å². The number of esters is 1. The SMILES string of the molecule is COC(=O)[C@@]1(C)[C@@H]2[C@H]3CC[C@@]4(C)C(=O)[C@@]5(C)[C@H]6[C@H]7CCC[C@@H]7[C@H]1[C@H]6[C@@H]2[C@H]5[C@@H]34. The monoisotopic (exact) mass is 368 g/mol. The first-order valence-corrected chi connectivity index (χ1v) is 11.5. The number of fused-ring (bicyclic) bond motifs is 5. The summed E-state index contributed by atoms with van der Waals surface area (Å²) in [6.07, 6.45) is 6.07. The number of carbonyl (C=O) groups excluding carboxylic acids is 2. The van der Waals surface area contributed by atoms with Crippen molar-refractivity contribution in [1.82, 2.24) is 0 Å². The van der Waals surface area contributed by atoms with Gasteiger partial charge in [0, 0.05) is 10.8 Å². The maximum atomic E-state index is 14.0. The van der Waals surface area contributed by atoms with Crippen LogP contribution in [0.25, 0.3) is 0 Å². The molecular formula is C24H32O3. The van der Waals surface area contributed by atoms with Gasteiger partial charge >= 0.3 is 5.97 Å². The molecule has 0 unspecified atom stereocenters. The van der Waals surface area contributed by atoms with Gasteiger partial charge in [0.05, 0.1) is 12.5 Å². The van der Waals surface area contributed by atoms with E-state index in [4.69, 9.17) is 4.74 Å². The van der Waals surface area contributed by atoms with E-state index in [1.54, 1.807) is 7.11 Å². The number of hydrogen-bond donors (Lipinski definition) is 0. The number of Topliss-reactive ketones (excluding diaryl/α,β-unsaturated/α-hetero) is 1. The Kier molecular flexibility index (Phi) is 2.48. The van der Waals surface area contributed by atoms with Crippen LogP contribution in [0, 0.1) is 75.4 Å². The molecule has 27 heavy (non-hydrogen) atoms. The van der Waals surface area contributed by atoms with Crippen LogP contribution in [0.4, 0.5) is 0 Å². The Hall–Kier alpha value is -0.860. The average molecular weight is 369 g/mol. The van der Waals surface area contributed by atoms with Crippen molar-refractivity contribution in [1.29, 1.82) is 0 Å². The molecule has 3 nitrogen and oxygen atoms in total. The summed E-state index contributed by atoms with van der Waals surface area (Å²) in [6, 6.07) is 0. The lowest BCUT2D eigenvalue weighted by Gasteiger charge is -2.39. The summed E-state index contributed by atoms with van der Waals surface area (Å²) < 4.78 is 5.50. The van der Waals surface area contributed by atoms with Crippen molar-refractivity contribution in [2.45, 2.75) is 52.9 Å². The van der Waals surface area contributed by atoms with Gasteiger partial charge in [0.25, 0.3) is 0 Å². The highest BCUT2D eigenvalue weighted by molar-refractivity contribution is 5.95. The third-order valence-electron chi connectivity index (χ3n) is 12.1. The highest BCUT2D eigenvalue weighted by Crippen LogP contribution is 2.89. The second-order valence-corrected chi connectivity index (χ2v) is 12.0. The van der Waals surface area contributed by atoms with Crippen molar-refractivity contribution >= 4 is 11.8 Å². The minimum Gasteiger partial charge on any atom is -0.469 e. The van der Waals surface area contributed by atoms with Crippen LogP contribution in [0.3, 0.4) is 0 Å². The summed E-state index contributed by atoms with van der Waals surface area (Å²) in [5.74, 6) is 6.44. The lowest BCUT2D eigenvalue weighted by atomic mass is 9.64. The molecule has 0 aliphatic heterocycles. The van der Waals surface area contributed by atoms with E-state index >= 15 is 0 Å². The maximum absolute atomic E-state index is 14.0. The quantitative estimate of drug-likeness (QED) is 0.658. The minimum absolute atomic E-state index is 0.0693. The van der Waals surface area contributed by atoms with Crippen LogP contribution >= 0.6 is 0 Å². The molecule has 0 spiro atoms. The molecule has 7 saturated carbocycles. The van der Waals surface area contributed by atoms with E-state index in [0.717, 1.165) is 12.8 Å². The number of rotatable bonds is 1. The summed E-state index contributed by atoms with van der Waals surface area (Å²) in [6.45, 7) is 6.98. The third kappa shape index (κ3) is 1.22. The number of hydrogen-bond acceptors (Lipinski definition) is 3. The fourth-order valence-electron chi connectivity index (χ4n) is 12.2. The maximum Gasteiger partial charge on any atom is 0.312 e. The third-order valence-corrected chi connectivity index (χ3v) is 12.1. The highest BCUT2D eigenvalue weighted by Gasteiger charge is 2.89. The standard InChI is InChI=1S/C24H32O3/c1-22-9-8-12-17-14-13-15(23(2,20(22)25)19(14)18(12)22)10-6-5-7-11(10)16(13)24(17,3)21(26)27-4/h10-19H,5-9H2,1-4H3/t10-,11-,12+,13-,14-,15-,16-,17+,18+,19-,22+,23-,24+/m0/s1. The van der Waals surface area contributed by atoms with Gasteiger partial charge in [0.15, 0.2) is 0 Å². The van der Waals surface area contributed by atoms with Crippen molar-refractivity contribution in [2.75, 3.05) is 7.11 Å². The summed E-state index contributed by atoms with van der Waals surface area (Å²) >= 11 is 0. The Morgan fingerprint density at radius 3 is 2.22 bits per heavy atom. The summed E-state index contributed by atoms with van der Waals surface area (Å²) in [5.41, 5.74) is -0.513. The highest BCUT2D eigenvalue weighted by atomic mass is 16.5. The van der Waals surface area contributed by atoms with Crippen LogP contribution in [0.2, 0.25) is 0 Å². The van der Waals surface area contributed by atoms with E-state index in [9.17, 15) is 9.59 Å². The van der Waals surface area contributed by atoms with Crippen LogP contribution in [0.1, 0.15) is 52.9 Å². The van der Waals surface area contributed by atoms with Crippen LogP contribution < -0.4 is 0 Å².